The summed E-state index contributed by atoms with van der Waals surface area (Å²) in [4.78, 5) is 4.39. The van der Waals surface area contributed by atoms with Crippen LogP contribution in [0.2, 0.25) is 0 Å². The first kappa shape index (κ1) is 14.9. The van der Waals surface area contributed by atoms with Crippen LogP contribution >= 0.6 is 0 Å². The molecule has 0 unspecified atom stereocenters. The Morgan fingerprint density at radius 3 is 2.81 bits per heavy atom. The normalized spacial score (nSPS) is 13.3. The first-order valence-electron chi connectivity index (χ1n) is 9.48. The Kier molecular flexibility index (Phi) is 2.85. The van der Waals surface area contributed by atoms with Crippen LogP contribution in [0.25, 0.3) is 28.2 Å². The highest BCUT2D eigenvalue weighted by molar-refractivity contribution is 5.82. The molecular formula is C24H20N3+. The number of pyridine rings is 1. The number of imidazole rings is 1. The smallest absolute Gasteiger partial charge is 0.264 e. The van der Waals surface area contributed by atoms with Crippen LogP contribution in [0.15, 0.2) is 61.2 Å². The maximum Gasteiger partial charge on any atom is 0.294 e. The van der Waals surface area contributed by atoms with E-state index in [4.69, 9.17) is 0 Å². The summed E-state index contributed by atoms with van der Waals surface area (Å²) in [5.74, 6) is 1.28. The van der Waals surface area contributed by atoms with E-state index in [1.807, 2.05) is 12.4 Å². The minimum atomic E-state index is 0.953. The number of aromatic nitrogens is 3. The van der Waals surface area contributed by atoms with Gasteiger partial charge in [0.15, 0.2) is 0 Å². The highest BCUT2D eigenvalue weighted by Gasteiger charge is 2.32. The fourth-order valence-electron chi connectivity index (χ4n) is 5.03. The van der Waals surface area contributed by atoms with Gasteiger partial charge in [0.1, 0.15) is 24.6 Å². The molecule has 3 heteroatoms. The van der Waals surface area contributed by atoms with Gasteiger partial charge in [-0.25, -0.2) is 4.57 Å². The van der Waals surface area contributed by atoms with Crippen molar-refractivity contribution in [2.75, 3.05) is 0 Å². The van der Waals surface area contributed by atoms with E-state index in [1.165, 1.54) is 56.0 Å². The fourth-order valence-corrected chi connectivity index (χ4v) is 5.03. The zero-order chi connectivity index (χ0) is 18.1. The van der Waals surface area contributed by atoms with Gasteiger partial charge in [0.2, 0.25) is 0 Å². The van der Waals surface area contributed by atoms with Crippen molar-refractivity contribution in [3.05, 3.63) is 89.0 Å². The molecule has 1 aliphatic carbocycles. The molecule has 0 amide bonds. The molecule has 0 radical (unpaired) electrons. The lowest BCUT2D eigenvalue weighted by Gasteiger charge is -2.13. The van der Waals surface area contributed by atoms with Crippen LogP contribution in [-0.2, 0) is 13.0 Å². The predicted octanol–water partition coefficient (Wildman–Crippen LogP) is 4.38. The van der Waals surface area contributed by atoms with E-state index in [0.29, 0.717) is 0 Å². The molecule has 4 aromatic rings. The number of benzene rings is 2. The molecular weight excluding hydrogens is 330 g/mol. The summed E-state index contributed by atoms with van der Waals surface area (Å²) in [6.45, 7) is 5.46. The Hall–Kier alpha value is -3.20. The number of fused-ring (bicyclic) bond motifs is 6. The molecule has 0 saturated heterocycles. The van der Waals surface area contributed by atoms with Crippen molar-refractivity contribution in [3.8, 4) is 28.2 Å². The molecule has 1 aliphatic heterocycles. The number of hydrogen-bond acceptors (Lipinski definition) is 1. The Bertz CT molecular complexity index is 1250. The average molecular weight is 350 g/mol. The number of hydrogen-bond donors (Lipinski definition) is 0. The summed E-state index contributed by atoms with van der Waals surface area (Å²) in [6, 6.07) is 13.3. The van der Waals surface area contributed by atoms with E-state index in [9.17, 15) is 0 Å². The molecule has 130 valence electrons. The van der Waals surface area contributed by atoms with Crippen LogP contribution in [0.3, 0.4) is 0 Å². The maximum atomic E-state index is 4.39. The molecule has 0 spiro atoms. The van der Waals surface area contributed by atoms with Crippen LogP contribution in [0.4, 0.5) is 0 Å². The van der Waals surface area contributed by atoms with Gasteiger partial charge in [-0.05, 0) is 54.7 Å². The van der Waals surface area contributed by atoms with Gasteiger partial charge in [0.25, 0.3) is 5.82 Å². The van der Waals surface area contributed by atoms with Gasteiger partial charge >= 0.3 is 0 Å². The lowest BCUT2D eigenvalue weighted by Crippen LogP contribution is -2.30. The molecule has 0 bridgehead atoms. The maximum absolute atomic E-state index is 4.39. The largest absolute Gasteiger partial charge is 0.294 e. The molecule has 0 N–H and O–H groups in total. The Morgan fingerprint density at radius 2 is 1.89 bits per heavy atom. The summed E-state index contributed by atoms with van der Waals surface area (Å²) >= 11 is 0. The molecule has 0 fully saturated rings. The molecule has 3 heterocycles. The van der Waals surface area contributed by atoms with E-state index < -0.39 is 0 Å². The summed E-state index contributed by atoms with van der Waals surface area (Å²) in [6.07, 6.45) is 9.36. The summed E-state index contributed by atoms with van der Waals surface area (Å²) in [5.41, 5.74) is 12.2. The summed E-state index contributed by atoms with van der Waals surface area (Å²) in [5, 5.41) is 0. The number of nitrogens with zero attached hydrogens (tertiary/aromatic N) is 3. The molecule has 2 aromatic heterocycles. The van der Waals surface area contributed by atoms with Gasteiger partial charge in [-0.1, -0.05) is 24.3 Å². The van der Waals surface area contributed by atoms with E-state index >= 15 is 0 Å². The third kappa shape index (κ3) is 1.91. The van der Waals surface area contributed by atoms with Crippen LogP contribution in [0, 0.1) is 13.8 Å². The SMILES string of the molecule is Cc1cc2c(c(C)c1-n1cc[n+]3c1-c1ccccc1C3)-c1cnccc1C2. The Morgan fingerprint density at radius 1 is 1.00 bits per heavy atom. The van der Waals surface area contributed by atoms with Gasteiger partial charge in [0, 0.05) is 29.1 Å². The molecule has 27 heavy (non-hydrogen) atoms. The second-order valence-electron chi connectivity index (χ2n) is 7.69. The average Bonchev–Trinajstić information content (AvgIpc) is 3.33. The Labute approximate surface area is 158 Å². The summed E-state index contributed by atoms with van der Waals surface area (Å²) in [7, 11) is 0. The first-order chi connectivity index (χ1) is 13.2. The van der Waals surface area contributed by atoms with Gasteiger partial charge in [-0.3, -0.25) is 4.98 Å². The zero-order valence-corrected chi connectivity index (χ0v) is 15.5. The van der Waals surface area contributed by atoms with Crippen LogP contribution in [-0.4, -0.2) is 9.55 Å². The van der Waals surface area contributed by atoms with E-state index in [1.54, 1.807) is 0 Å². The Balaban J connectivity index is 1.63. The van der Waals surface area contributed by atoms with Crippen molar-refractivity contribution in [2.24, 2.45) is 0 Å². The molecule has 0 atom stereocenters. The van der Waals surface area contributed by atoms with Crippen LogP contribution in [0.1, 0.15) is 27.8 Å². The lowest BCUT2D eigenvalue weighted by molar-refractivity contribution is -0.671. The molecule has 6 rings (SSSR count). The van der Waals surface area contributed by atoms with Gasteiger partial charge in [0.05, 0.1) is 5.56 Å². The molecule has 0 saturated carbocycles. The quantitative estimate of drug-likeness (QED) is 0.403. The molecule has 3 nitrogen and oxygen atoms in total. The van der Waals surface area contributed by atoms with Gasteiger partial charge in [-0.15, -0.1) is 0 Å². The third-order valence-corrected chi connectivity index (χ3v) is 6.11. The van der Waals surface area contributed by atoms with Gasteiger partial charge < -0.3 is 0 Å². The van der Waals surface area contributed by atoms with Crippen molar-refractivity contribution in [3.63, 3.8) is 0 Å². The second kappa shape index (κ2) is 5.17. The van der Waals surface area contributed by atoms with E-state index in [-0.39, 0.29) is 0 Å². The van der Waals surface area contributed by atoms with E-state index in [0.717, 1.165) is 13.0 Å². The lowest BCUT2D eigenvalue weighted by atomic mass is 9.96. The minimum absolute atomic E-state index is 0.953. The summed E-state index contributed by atoms with van der Waals surface area (Å²) < 4.78 is 4.73. The van der Waals surface area contributed by atoms with Crippen molar-refractivity contribution < 1.29 is 4.57 Å². The molecule has 2 aliphatic rings. The molecule has 2 aromatic carbocycles. The second-order valence-corrected chi connectivity index (χ2v) is 7.69. The van der Waals surface area contributed by atoms with Crippen molar-refractivity contribution >= 4 is 0 Å². The monoisotopic (exact) mass is 350 g/mol. The third-order valence-electron chi connectivity index (χ3n) is 6.11. The van der Waals surface area contributed by atoms with Crippen molar-refractivity contribution in [1.29, 1.82) is 0 Å². The number of rotatable bonds is 1. The number of aryl methyl sites for hydroxylation is 1. The predicted molar refractivity (Wildman–Crippen MR) is 106 cm³/mol. The first-order valence-corrected chi connectivity index (χ1v) is 9.48. The highest BCUT2D eigenvalue weighted by Crippen LogP contribution is 2.42. The van der Waals surface area contributed by atoms with Crippen molar-refractivity contribution in [1.82, 2.24) is 9.55 Å². The zero-order valence-electron chi connectivity index (χ0n) is 15.5. The van der Waals surface area contributed by atoms with Crippen molar-refractivity contribution in [2.45, 2.75) is 26.8 Å². The topological polar surface area (TPSA) is 21.7 Å². The van der Waals surface area contributed by atoms with E-state index in [2.05, 4.69) is 76.8 Å². The highest BCUT2D eigenvalue weighted by atomic mass is 15.2. The minimum Gasteiger partial charge on any atom is -0.264 e. The van der Waals surface area contributed by atoms with Crippen LogP contribution in [0.5, 0.6) is 0 Å². The standard InChI is InChI=1S/C24H20N3/c1-15-11-19-12-17-7-8-25-13-21(17)22(19)16(2)23(15)27-10-9-26-14-18-5-3-4-6-20(18)24(26)27/h3-11,13H,12,14H2,1-2H3/q+1. The fraction of sp³-hybridized carbons (Fsp3) is 0.167. The van der Waals surface area contributed by atoms with Gasteiger partial charge in [-0.2, -0.15) is 4.57 Å². The van der Waals surface area contributed by atoms with Crippen LogP contribution < -0.4 is 4.57 Å².